The molecule has 1 aromatic heterocycles. The number of hydrogen-bond acceptors (Lipinski definition) is 5. The van der Waals surface area contributed by atoms with Crippen LogP contribution < -0.4 is 5.32 Å². The molecule has 7 nitrogen and oxygen atoms in total. The molecule has 7 heteroatoms. The third kappa shape index (κ3) is 4.62. The van der Waals surface area contributed by atoms with Gasteiger partial charge in [-0.2, -0.15) is 0 Å². The van der Waals surface area contributed by atoms with Gasteiger partial charge in [-0.3, -0.25) is 14.9 Å². The first-order valence-corrected chi connectivity index (χ1v) is 9.85. The van der Waals surface area contributed by atoms with Crippen LogP contribution in [0.25, 0.3) is 28.7 Å². The summed E-state index contributed by atoms with van der Waals surface area (Å²) in [6.07, 6.45) is 5.85. The van der Waals surface area contributed by atoms with E-state index in [0.29, 0.717) is 17.1 Å². The van der Waals surface area contributed by atoms with Gasteiger partial charge in [0, 0.05) is 23.4 Å². The number of carbonyl (C=O) groups excluding carboxylic acids is 1. The summed E-state index contributed by atoms with van der Waals surface area (Å²) >= 11 is 0. The summed E-state index contributed by atoms with van der Waals surface area (Å²) in [6, 6.07) is 19.7. The van der Waals surface area contributed by atoms with Crippen LogP contribution >= 0.6 is 0 Å². The van der Waals surface area contributed by atoms with Gasteiger partial charge >= 0.3 is 0 Å². The van der Waals surface area contributed by atoms with Gasteiger partial charge in [-0.05, 0) is 60.0 Å². The summed E-state index contributed by atoms with van der Waals surface area (Å²) in [5.74, 6) is 0.179. The average molecular weight is 425 g/mol. The van der Waals surface area contributed by atoms with E-state index in [2.05, 4.69) is 10.3 Å². The predicted molar refractivity (Wildman–Crippen MR) is 123 cm³/mol. The van der Waals surface area contributed by atoms with Crippen molar-refractivity contribution in [1.29, 1.82) is 0 Å². The van der Waals surface area contributed by atoms with Crippen LogP contribution in [0.3, 0.4) is 0 Å². The molecule has 158 valence electrons. The Balaban J connectivity index is 1.48. The SMILES string of the molecule is Cc1ccc(-c2ncco2)cc1-c1ccc(NC(=O)/C=C\c2ccccc2[N+](=O)[O-])cc1. The summed E-state index contributed by atoms with van der Waals surface area (Å²) in [4.78, 5) is 27.1. The van der Waals surface area contributed by atoms with Crippen LogP contribution in [0.15, 0.2) is 89.7 Å². The monoisotopic (exact) mass is 425 g/mol. The number of benzene rings is 3. The third-order valence-corrected chi connectivity index (χ3v) is 4.93. The third-order valence-electron chi connectivity index (χ3n) is 4.93. The lowest BCUT2D eigenvalue weighted by Gasteiger charge is -2.09. The zero-order valence-electron chi connectivity index (χ0n) is 17.2. The Morgan fingerprint density at radius 2 is 1.81 bits per heavy atom. The van der Waals surface area contributed by atoms with Crippen LogP contribution in [0.4, 0.5) is 11.4 Å². The van der Waals surface area contributed by atoms with Crippen LogP contribution in [0.1, 0.15) is 11.1 Å². The number of carbonyl (C=O) groups is 1. The molecule has 1 amide bonds. The topological polar surface area (TPSA) is 98.3 Å². The van der Waals surface area contributed by atoms with E-state index in [1.165, 1.54) is 24.5 Å². The quantitative estimate of drug-likeness (QED) is 0.236. The number of amides is 1. The number of aromatic nitrogens is 1. The van der Waals surface area contributed by atoms with Gasteiger partial charge in [0.25, 0.3) is 5.69 Å². The van der Waals surface area contributed by atoms with Crippen molar-refractivity contribution in [1.82, 2.24) is 4.98 Å². The summed E-state index contributed by atoms with van der Waals surface area (Å²) in [5.41, 5.74) is 4.94. The Kier molecular flexibility index (Phi) is 5.89. The summed E-state index contributed by atoms with van der Waals surface area (Å²) < 4.78 is 5.39. The van der Waals surface area contributed by atoms with Crippen LogP contribution in [0.5, 0.6) is 0 Å². The minimum Gasteiger partial charge on any atom is -0.445 e. The van der Waals surface area contributed by atoms with Gasteiger partial charge < -0.3 is 9.73 Å². The molecule has 1 heterocycles. The molecule has 0 saturated carbocycles. The zero-order chi connectivity index (χ0) is 22.5. The lowest BCUT2D eigenvalue weighted by molar-refractivity contribution is -0.385. The first-order valence-electron chi connectivity index (χ1n) is 9.85. The highest BCUT2D eigenvalue weighted by Crippen LogP contribution is 2.29. The lowest BCUT2D eigenvalue weighted by Crippen LogP contribution is -2.07. The van der Waals surface area contributed by atoms with Crippen LogP contribution in [0, 0.1) is 17.0 Å². The fourth-order valence-electron chi connectivity index (χ4n) is 3.31. The second kappa shape index (κ2) is 9.09. The standard InChI is InChI=1S/C25H19N3O4/c1-17-6-7-20(25-26-14-15-32-25)16-22(17)18-8-11-21(12-9-18)27-24(29)13-10-19-4-2-3-5-23(19)28(30)31/h2-16H,1H3,(H,27,29)/b13-10-. The first kappa shape index (κ1) is 20.7. The fraction of sp³-hybridized carbons (Fsp3) is 0.0400. The molecule has 3 aromatic carbocycles. The van der Waals surface area contributed by atoms with Crippen molar-refractivity contribution in [2.75, 3.05) is 5.32 Å². The second-order valence-electron chi connectivity index (χ2n) is 7.08. The summed E-state index contributed by atoms with van der Waals surface area (Å²) in [6.45, 7) is 2.03. The largest absolute Gasteiger partial charge is 0.445 e. The highest BCUT2D eigenvalue weighted by molar-refractivity contribution is 6.02. The first-order chi connectivity index (χ1) is 15.5. The molecule has 0 atom stereocenters. The molecular weight excluding hydrogens is 406 g/mol. The normalized spacial score (nSPS) is 10.9. The van der Waals surface area contributed by atoms with E-state index < -0.39 is 4.92 Å². The van der Waals surface area contributed by atoms with Crippen LogP contribution in [0.2, 0.25) is 0 Å². The maximum absolute atomic E-state index is 12.3. The number of oxazole rings is 1. The fourth-order valence-corrected chi connectivity index (χ4v) is 3.31. The molecule has 0 unspecified atom stereocenters. The average Bonchev–Trinajstić information content (AvgIpc) is 3.34. The molecule has 0 aliphatic rings. The van der Waals surface area contributed by atoms with Crippen molar-refractivity contribution in [2.24, 2.45) is 0 Å². The minimum atomic E-state index is -0.477. The Bertz CT molecular complexity index is 1290. The number of aryl methyl sites for hydroxylation is 1. The van der Waals surface area contributed by atoms with E-state index in [1.807, 2.05) is 49.4 Å². The lowest BCUT2D eigenvalue weighted by atomic mass is 9.98. The van der Waals surface area contributed by atoms with Crippen molar-refractivity contribution in [3.05, 3.63) is 107 Å². The van der Waals surface area contributed by atoms with Gasteiger partial charge in [0.2, 0.25) is 11.8 Å². The van der Waals surface area contributed by atoms with E-state index in [9.17, 15) is 14.9 Å². The van der Waals surface area contributed by atoms with E-state index in [0.717, 1.165) is 22.3 Å². The Labute approximate surface area is 184 Å². The minimum absolute atomic E-state index is 0.0525. The number of nitrogens with one attached hydrogen (secondary N) is 1. The van der Waals surface area contributed by atoms with Gasteiger partial charge in [-0.15, -0.1) is 0 Å². The smallest absolute Gasteiger partial charge is 0.276 e. The van der Waals surface area contributed by atoms with Gasteiger partial charge in [0.1, 0.15) is 6.26 Å². The molecule has 0 saturated heterocycles. The number of anilines is 1. The highest BCUT2D eigenvalue weighted by Gasteiger charge is 2.10. The van der Waals surface area contributed by atoms with Crippen LogP contribution in [-0.4, -0.2) is 15.8 Å². The highest BCUT2D eigenvalue weighted by atomic mass is 16.6. The number of hydrogen-bond donors (Lipinski definition) is 1. The number of para-hydroxylation sites is 1. The van der Waals surface area contributed by atoms with Gasteiger partial charge in [-0.1, -0.05) is 30.3 Å². The van der Waals surface area contributed by atoms with Gasteiger partial charge in [0.15, 0.2) is 0 Å². The molecule has 0 spiro atoms. The molecular formula is C25H19N3O4. The van der Waals surface area contributed by atoms with E-state index in [-0.39, 0.29) is 11.6 Å². The Hall–Kier alpha value is -4.52. The number of nitro benzene ring substituents is 1. The maximum Gasteiger partial charge on any atom is 0.276 e. The predicted octanol–water partition coefficient (Wildman–Crippen LogP) is 5.88. The number of rotatable bonds is 6. The van der Waals surface area contributed by atoms with Gasteiger partial charge in [-0.25, -0.2) is 4.98 Å². The molecule has 4 aromatic rings. The Morgan fingerprint density at radius 3 is 2.53 bits per heavy atom. The molecule has 0 radical (unpaired) electrons. The van der Waals surface area contributed by atoms with Gasteiger partial charge in [0.05, 0.1) is 16.7 Å². The Morgan fingerprint density at radius 1 is 1.06 bits per heavy atom. The summed E-state index contributed by atoms with van der Waals surface area (Å²) in [5, 5.41) is 13.8. The van der Waals surface area contributed by atoms with Crippen molar-refractivity contribution in [2.45, 2.75) is 6.92 Å². The summed E-state index contributed by atoms with van der Waals surface area (Å²) in [7, 11) is 0. The van der Waals surface area contributed by atoms with E-state index in [4.69, 9.17) is 4.42 Å². The molecule has 32 heavy (non-hydrogen) atoms. The van der Waals surface area contributed by atoms with Crippen LogP contribution in [-0.2, 0) is 4.79 Å². The number of nitrogens with zero attached hydrogens (tertiary/aromatic N) is 2. The zero-order valence-corrected chi connectivity index (χ0v) is 17.2. The van der Waals surface area contributed by atoms with Crippen molar-refractivity contribution in [3.63, 3.8) is 0 Å². The number of nitro groups is 1. The van der Waals surface area contributed by atoms with Crippen molar-refractivity contribution < 1.29 is 14.1 Å². The molecule has 0 bridgehead atoms. The maximum atomic E-state index is 12.3. The van der Waals surface area contributed by atoms with E-state index in [1.54, 1.807) is 24.4 Å². The van der Waals surface area contributed by atoms with Crippen molar-refractivity contribution in [3.8, 4) is 22.6 Å². The second-order valence-corrected chi connectivity index (χ2v) is 7.08. The molecule has 0 aliphatic carbocycles. The molecule has 1 N–H and O–H groups in total. The molecule has 4 rings (SSSR count). The van der Waals surface area contributed by atoms with E-state index >= 15 is 0 Å². The molecule has 0 fully saturated rings. The molecule has 0 aliphatic heterocycles. The van der Waals surface area contributed by atoms with Crippen molar-refractivity contribution >= 4 is 23.4 Å².